The molecule has 33 heavy (non-hydrogen) atoms. The first-order valence-electron chi connectivity index (χ1n) is 10.9. The molecule has 10 heteroatoms. The van der Waals surface area contributed by atoms with Gasteiger partial charge in [0.05, 0.1) is 17.2 Å². The van der Waals surface area contributed by atoms with Gasteiger partial charge in [-0.1, -0.05) is 18.2 Å². The number of carbonyl (C=O) groups excluding carboxylic acids is 1. The Labute approximate surface area is 190 Å². The van der Waals surface area contributed by atoms with Crippen molar-refractivity contribution in [2.45, 2.75) is 25.4 Å². The van der Waals surface area contributed by atoms with Crippen molar-refractivity contribution >= 4 is 28.9 Å². The van der Waals surface area contributed by atoms with Crippen LogP contribution >= 0.6 is 0 Å². The summed E-state index contributed by atoms with van der Waals surface area (Å²) in [7, 11) is 0. The number of benzene rings is 1. The van der Waals surface area contributed by atoms with Crippen molar-refractivity contribution < 1.29 is 14.7 Å². The van der Waals surface area contributed by atoms with Crippen LogP contribution in [-0.4, -0.2) is 73.7 Å². The average molecular weight is 450 g/mol. The molecule has 3 heterocycles. The zero-order valence-corrected chi connectivity index (χ0v) is 18.1. The smallest absolute Gasteiger partial charge is 0.408 e. The van der Waals surface area contributed by atoms with Crippen LogP contribution in [0.3, 0.4) is 0 Å². The lowest BCUT2D eigenvalue weighted by molar-refractivity contribution is -0.117. The van der Waals surface area contributed by atoms with Crippen LogP contribution in [0.4, 0.5) is 10.6 Å². The Morgan fingerprint density at radius 2 is 1.82 bits per heavy atom. The van der Waals surface area contributed by atoms with Gasteiger partial charge in [-0.3, -0.25) is 14.5 Å². The van der Waals surface area contributed by atoms with Crippen LogP contribution in [0.15, 0.2) is 59.7 Å². The summed E-state index contributed by atoms with van der Waals surface area (Å²) in [5.41, 5.74) is 1.44. The van der Waals surface area contributed by atoms with Gasteiger partial charge >= 0.3 is 6.09 Å². The molecule has 2 aromatic heterocycles. The molecule has 10 nitrogen and oxygen atoms in total. The predicted molar refractivity (Wildman–Crippen MR) is 123 cm³/mol. The highest BCUT2D eigenvalue weighted by Gasteiger charge is 2.29. The minimum Gasteiger partial charge on any atom is -0.465 e. The molecule has 1 aromatic carbocycles. The first-order chi connectivity index (χ1) is 16.0. The number of rotatable bonds is 7. The van der Waals surface area contributed by atoms with Gasteiger partial charge in [-0.05, 0) is 37.1 Å². The topological polar surface area (TPSA) is 121 Å². The molecular weight excluding hydrogens is 424 g/mol. The van der Waals surface area contributed by atoms with E-state index in [1.807, 2.05) is 24.3 Å². The van der Waals surface area contributed by atoms with E-state index in [4.69, 9.17) is 0 Å². The van der Waals surface area contributed by atoms with Gasteiger partial charge in [0.2, 0.25) is 5.91 Å². The number of hydrogen-bond donors (Lipinski definition) is 2. The molecule has 1 aliphatic heterocycles. The van der Waals surface area contributed by atoms with Crippen LogP contribution < -0.4 is 10.9 Å². The maximum atomic E-state index is 12.3. The lowest BCUT2D eigenvalue weighted by Gasteiger charge is -2.37. The number of amides is 2. The number of likely N-dealkylation sites (tertiary alicyclic amines) is 1. The highest BCUT2D eigenvalue weighted by Crippen LogP contribution is 2.17. The number of carboxylic acid groups (broad SMARTS) is 1. The van der Waals surface area contributed by atoms with E-state index >= 15 is 0 Å². The van der Waals surface area contributed by atoms with E-state index in [9.17, 15) is 19.5 Å². The van der Waals surface area contributed by atoms with Crippen LogP contribution in [0, 0.1) is 0 Å². The number of fused-ring (bicyclic) bond motifs is 1. The maximum absolute atomic E-state index is 12.3. The van der Waals surface area contributed by atoms with E-state index in [0.717, 1.165) is 11.0 Å². The number of aromatic nitrogens is 3. The molecule has 0 atom stereocenters. The van der Waals surface area contributed by atoms with Crippen molar-refractivity contribution in [3.63, 3.8) is 0 Å². The van der Waals surface area contributed by atoms with Crippen molar-refractivity contribution in [1.82, 2.24) is 24.3 Å². The number of pyridine rings is 1. The van der Waals surface area contributed by atoms with Gasteiger partial charge in [-0.25, -0.2) is 14.8 Å². The average Bonchev–Trinajstić information content (AvgIpc) is 2.83. The Morgan fingerprint density at radius 3 is 2.55 bits per heavy atom. The third kappa shape index (κ3) is 5.53. The largest absolute Gasteiger partial charge is 0.465 e. The van der Waals surface area contributed by atoms with Crippen LogP contribution in [0.5, 0.6) is 0 Å². The number of nitrogens with zero attached hydrogens (tertiary/aromatic N) is 5. The molecule has 1 aliphatic rings. The minimum atomic E-state index is -1.11. The lowest BCUT2D eigenvalue weighted by Crippen LogP contribution is -2.50. The first kappa shape index (κ1) is 22.4. The Kier molecular flexibility index (Phi) is 6.94. The van der Waals surface area contributed by atoms with Crippen LogP contribution in [0.25, 0.3) is 11.0 Å². The molecule has 0 unspecified atom stereocenters. The van der Waals surface area contributed by atoms with Gasteiger partial charge in [0.15, 0.2) is 0 Å². The van der Waals surface area contributed by atoms with E-state index in [0.29, 0.717) is 44.8 Å². The molecule has 3 aromatic rings. The molecule has 0 spiro atoms. The van der Waals surface area contributed by atoms with Crippen LogP contribution in [0.1, 0.15) is 12.8 Å². The molecule has 0 bridgehead atoms. The number of hydrogen-bond acceptors (Lipinski definition) is 6. The summed E-state index contributed by atoms with van der Waals surface area (Å²) in [6.07, 6.45) is 3.03. The van der Waals surface area contributed by atoms with E-state index in [2.05, 4.69) is 20.2 Å². The highest BCUT2D eigenvalue weighted by molar-refractivity contribution is 5.93. The molecule has 2 amide bonds. The Bertz CT molecular complexity index is 1170. The molecule has 1 fully saturated rings. The fourth-order valence-corrected chi connectivity index (χ4v) is 4.17. The fraction of sp³-hybridized carbons (Fsp3) is 0.348. The summed E-state index contributed by atoms with van der Waals surface area (Å²) < 4.78 is 1.72. The Balaban J connectivity index is 1.32. The van der Waals surface area contributed by atoms with E-state index in [-0.39, 0.29) is 18.1 Å². The molecule has 4 rings (SSSR count). The van der Waals surface area contributed by atoms with Gasteiger partial charge in [0.1, 0.15) is 12.4 Å². The Hall–Kier alpha value is -3.79. The summed E-state index contributed by atoms with van der Waals surface area (Å²) in [5.74, 6) is -0.0241. The van der Waals surface area contributed by atoms with Gasteiger partial charge in [0.25, 0.3) is 5.56 Å². The fourth-order valence-electron chi connectivity index (χ4n) is 4.17. The van der Waals surface area contributed by atoms with Crippen molar-refractivity contribution in [1.29, 1.82) is 0 Å². The molecule has 0 saturated carbocycles. The first-order valence-corrected chi connectivity index (χ1v) is 10.9. The molecule has 0 radical (unpaired) electrons. The van der Waals surface area contributed by atoms with Crippen molar-refractivity contribution in [3.05, 3.63) is 65.2 Å². The minimum absolute atomic E-state index is 0.139. The SMILES string of the molecule is O=C(CN(C(=O)O)C1CCN(CCn2c(=O)cnc3ccccc32)CC1)Nc1ccccn1. The standard InChI is InChI=1S/C23H26N6O4/c30-21(26-20-7-3-4-10-24-20)16-29(23(32)33)17-8-11-27(12-9-17)13-14-28-19-6-2-1-5-18(19)25-15-22(28)31/h1-7,10,15,17H,8-9,11-14,16H2,(H,32,33)(H,24,26,30). The normalized spacial score (nSPS) is 14.8. The summed E-state index contributed by atoms with van der Waals surface area (Å²) in [6, 6.07) is 12.4. The van der Waals surface area contributed by atoms with Crippen molar-refractivity contribution in [2.24, 2.45) is 0 Å². The summed E-state index contributed by atoms with van der Waals surface area (Å²) in [4.78, 5) is 48.1. The van der Waals surface area contributed by atoms with Gasteiger partial charge in [0, 0.05) is 38.4 Å². The quantitative estimate of drug-likeness (QED) is 0.564. The van der Waals surface area contributed by atoms with E-state index in [1.165, 1.54) is 11.1 Å². The number of piperidine rings is 1. The zero-order valence-electron chi connectivity index (χ0n) is 18.1. The number of para-hydroxylation sites is 2. The summed E-state index contributed by atoms with van der Waals surface area (Å²) in [6.45, 7) is 2.34. The second-order valence-electron chi connectivity index (χ2n) is 7.98. The second kappa shape index (κ2) is 10.2. The Morgan fingerprint density at radius 1 is 1.06 bits per heavy atom. The summed E-state index contributed by atoms with van der Waals surface area (Å²) >= 11 is 0. The van der Waals surface area contributed by atoms with Crippen LogP contribution in [0.2, 0.25) is 0 Å². The van der Waals surface area contributed by atoms with E-state index in [1.54, 1.807) is 29.0 Å². The second-order valence-corrected chi connectivity index (χ2v) is 7.98. The maximum Gasteiger partial charge on any atom is 0.408 e. The van der Waals surface area contributed by atoms with Crippen molar-refractivity contribution in [2.75, 3.05) is 31.5 Å². The highest BCUT2D eigenvalue weighted by atomic mass is 16.4. The molecule has 0 aliphatic carbocycles. The third-order valence-corrected chi connectivity index (χ3v) is 5.88. The molecule has 1 saturated heterocycles. The van der Waals surface area contributed by atoms with Crippen molar-refractivity contribution in [3.8, 4) is 0 Å². The number of nitrogens with one attached hydrogen (secondary N) is 1. The molecule has 172 valence electrons. The summed E-state index contributed by atoms with van der Waals surface area (Å²) in [5, 5.41) is 12.3. The molecular formula is C23H26N6O4. The predicted octanol–water partition coefficient (Wildman–Crippen LogP) is 1.87. The monoisotopic (exact) mass is 450 g/mol. The van der Waals surface area contributed by atoms with E-state index < -0.39 is 12.0 Å². The third-order valence-electron chi connectivity index (χ3n) is 5.88. The lowest BCUT2D eigenvalue weighted by atomic mass is 10.0. The number of anilines is 1. The van der Waals surface area contributed by atoms with Crippen LogP contribution in [-0.2, 0) is 11.3 Å². The van der Waals surface area contributed by atoms with Gasteiger partial charge in [-0.15, -0.1) is 0 Å². The zero-order chi connectivity index (χ0) is 23.2. The van der Waals surface area contributed by atoms with Gasteiger partial charge < -0.3 is 19.9 Å². The molecule has 2 N–H and O–H groups in total. The number of carbonyl (C=O) groups is 2. The van der Waals surface area contributed by atoms with Gasteiger partial charge in [-0.2, -0.15) is 0 Å².